The fourth-order valence-corrected chi connectivity index (χ4v) is 3.71. The summed E-state index contributed by atoms with van der Waals surface area (Å²) in [6.45, 7) is 7.13. The van der Waals surface area contributed by atoms with E-state index in [4.69, 9.17) is 0 Å². The van der Waals surface area contributed by atoms with E-state index >= 15 is 0 Å². The monoisotopic (exact) mass is 334 g/mol. The minimum Gasteiger partial charge on any atom is -0.279 e. The molecular formula is C16H18N2O4S. The second kappa shape index (κ2) is 6.00. The standard InChI is InChI=1S/C16H18N2O4S/c1-10-7-12(3)16(13(4)8-10)17-23(21,22)14-6-5-11(2)15(9-14)18(19)20/h5-9,17H,1-4H3. The zero-order valence-corrected chi connectivity index (χ0v) is 14.2. The molecule has 0 radical (unpaired) electrons. The van der Waals surface area contributed by atoms with Crippen LogP contribution in [0.3, 0.4) is 0 Å². The van der Waals surface area contributed by atoms with Crippen molar-refractivity contribution in [2.45, 2.75) is 32.6 Å². The quantitative estimate of drug-likeness (QED) is 0.683. The number of nitrogens with one attached hydrogen (secondary N) is 1. The van der Waals surface area contributed by atoms with E-state index in [1.807, 2.05) is 32.9 Å². The van der Waals surface area contributed by atoms with Crippen molar-refractivity contribution in [1.29, 1.82) is 0 Å². The molecule has 0 heterocycles. The molecule has 0 amide bonds. The van der Waals surface area contributed by atoms with E-state index in [1.165, 1.54) is 12.1 Å². The number of anilines is 1. The molecule has 6 nitrogen and oxygen atoms in total. The molecule has 0 spiro atoms. The molecular weight excluding hydrogens is 316 g/mol. The van der Waals surface area contributed by atoms with Crippen molar-refractivity contribution in [3.8, 4) is 0 Å². The highest BCUT2D eigenvalue weighted by Crippen LogP contribution is 2.27. The lowest BCUT2D eigenvalue weighted by Crippen LogP contribution is -2.15. The lowest BCUT2D eigenvalue weighted by molar-refractivity contribution is -0.385. The molecule has 0 aliphatic rings. The summed E-state index contributed by atoms with van der Waals surface area (Å²) in [5.74, 6) is 0. The molecule has 0 unspecified atom stereocenters. The Balaban J connectivity index is 2.48. The molecule has 0 saturated heterocycles. The van der Waals surface area contributed by atoms with Crippen LogP contribution in [0, 0.1) is 37.8 Å². The lowest BCUT2D eigenvalue weighted by atomic mass is 10.1. The van der Waals surface area contributed by atoms with E-state index in [0.29, 0.717) is 11.3 Å². The van der Waals surface area contributed by atoms with Crippen LogP contribution in [0.1, 0.15) is 22.3 Å². The summed E-state index contributed by atoms with van der Waals surface area (Å²) in [4.78, 5) is 10.3. The fourth-order valence-electron chi connectivity index (χ4n) is 2.49. The highest BCUT2D eigenvalue weighted by Gasteiger charge is 2.21. The van der Waals surface area contributed by atoms with Crippen molar-refractivity contribution >= 4 is 21.4 Å². The van der Waals surface area contributed by atoms with Crippen LogP contribution in [0.15, 0.2) is 35.2 Å². The maximum Gasteiger partial charge on any atom is 0.273 e. The number of rotatable bonds is 4. The number of hydrogen-bond donors (Lipinski definition) is 1. The van der Waals surface area contributed by atoms with Gasteiger partial charge >= 0.3 is 0 Å². The number of nitro groups is 1. The number of sulfonamides is 1. The van der Waals surface area contributed by atoms with Crippen LogP contribution in [0.25, 0.3) is 0 Å². The molecule has 2 aromatic carbocycles. The summed E-state index contributed by atoms with van der Waals surface area (Å²) in [6.07, 6.45) is 0. The Labute approximate surface area is 135 Å². The second-order valence-electron chi connectivity index (χ2n) is 5.58. The molecule has 1 N–H and O–H groups in total. The summed E-state index contributed by atoms with van der Waals surface area (Å²) >= 11 is 0. The predicted octanol–water partition coefficient (Wildman–Crippen LogP) is 3.63. The van der Waals surface area contributed by atoms with Crippen molar-refractivity contribution in [2.75, 3.05) is 4.72 Å². The molecule has 23 heavy (non-hydrogen) atoms. The molecule has 7 heteroatoms. The van der Waals surface area contributed by atoms with Crippen molar-refractivity contribution in [3.05, 3.63) is 62.7 Å². The first-order valence-electron chi connectivity index (χ1n) is 6.97. The maximum absolute atomic E-state index is 12.5. The number of nitrogens with zero attached hydrogens (tertiary/aromatic N) is 1. The maximum atomic E-state index is 12.5. The van der Waals surface area contributed by atoms with Crippen LogP contribution < -0.4 is 4.72 Å². The first-order chi connectivity index (χ1) is 10.6. The van der Waals surface area contributed by atoms with Gasteiger partial charge in [-0.25, -0.2) is 8.42 Å². The largest absolute Gasteiger partial charge is 0.279 e. The number of hydrogen-bond acceptors (Lipinski definition) is 4. The minimum absolute atomic E-state index is 0.130. The van der Waals surface area contributed by atoms with Crippen molar-refractivity contribution in [2.24, 2.45) is 0 Å². The summed E-state index contributed by atoms with van der Waals surface area (Å²) < 4.78 is 27.6. The second-order valence-corrected chi connectivity index (χ2v) is 7.27. The first kappa shape index (κ1) is 17.0. The van der Waals surface area contributed by atoms with Crippen LogP contribution in [0.4, 0.5) is 11.4 Å². The molecule has 0 aromatic heterocycles. The average molecular weight is 334 g/mol. The minimum atomic E-state index is -3.90. The van der Waals surface area contributed by atoms with Gasteiger partial charge in [0.05, 0.1) is 15.5 Å². The van der Waals surface area contributed by atoms with E-state index in [-0.39, 0.29) is 10.6 Å². The Kier molecular flexibility index (Phi) is 4.42. The van der Waals surface area contributed by atoms with E-state index < -0.39 is 14.9 Å². The smallest absolute Gasteiger partial charge is 0.273 e. The summed E-state index contributed by atoms with van der Waals surface area (Å²) in [7, 11) is -3.90. The molecule has 0 fully saturated rings. The van der Waals surface area contributed by atoms with Crippen LogP contribution in [0.5, 0.6) is 0 Å². The van der Waals surface area contributed by atoms with E-state index in [2.05, 4.69) is 4.72 Å². The predicted molar refractivity (Wildman–Crippen MR) is 89.3 cm³/mol. The summed E-state index contributed by atoms with van der Waals surface area (Å²) in [6, 6.07) is 7.63. The Hall–Kier alpha value is -2.41. The van der Waals surface area contributed by atoms with E-state index in [9.17, 15) is 18.5 Å². The Morgan fingerprint density at radius 2 is 1.52 bits per heavy atom. The molecule has 0 aliphatic heterocycles. The number of benzene rings is 2. The van der Waals surface area contributed by atoms with Crippen molar-refractivity contribution in [1.82, 2.24) is 0 Å². The third-order valence-electron chi connectivity index (χ3n) is 3.60. The fraction of sp³-hybridized carbons (Fsp3) is 0.250. The molecule has 0 saturated carbocycles. The molecule has 2 aromatic rings. The van der Waals surface area contributed by atoms with Crippen LogP contribution in [0.2, 0.25) is 0 Å². The average Bonchev–Trinajstić information content (AvgIpc) is 2.42. The summed E-state index contributed by atoms with van der Waals surface area (Å²) in [5.41, 5.74) is 3.33. The van der Waals surface area contributed by atoms with E-state index in [1.54, 1.807) is 6.92 Å². The van der Waals surface area contributed by atoms with Gasteiger partial charge in [0.15, 0.2) is 0 Å². The van der Waals surface area contributed by atoms with Gasteiger partial charge in [0.2, 0.25) is 0 Å². The Bertz CT molecular complexity index is 866. The van der Waals surface area contributed by atoms with Gasteiger partial charge < -0.3 is 0 Å². The molecule has 2 rings (SSSR count). The lowest BCUT2D eigenvalue weighted by Gasteiger charge is -2.14. The number of aryl methyl sites for hydroxylation is 4. The van der Waals surface area contributed by atoms with Crippen LogP contribution >= 0.6 is 0 Å². The highest BCUT2D eigenvalue weighted by atomic mass is 32.2. The van der Waals surface area contributed by atoms with Crippen LogP contribution in [-0.2, 0) is 10.0 Å². The Morgan fingerprint density at radius 3 is 2.04 bits per heavy atom. The molecule has 0 aliphatic carbocycles. The zero-order valence-electron chi connectivity index (χ0n) is 13.4. The van der Waals surface area contributed by atoms with Gasteiger partial charge in [-0.05, 0) is 44.9 Å². The van der Waals surface area contributed by atoms with Gasteiger partial charge in [-0.1, -0.05) is 23.8 Å². The summed E-state index contributed by atoms with van der Waals surface area (Å²) in [5, 5.41) is 11.0. The first-order valence-corrected chi connectivity index (χ1v) is 8.46. The topological polar surface area (TPSA) is 89.3 Å². The van der Waals surface area contributed by atoms with Gasteiger partial charge in [0.25, 0.3) is 15.7 Å². The van der Waals surface area contributed by atoms with Gasteiger partial charge in [-0.15, -0.1) is 0 Å². The molecule has 0 atom stereocenters. The van der Waals surface area contributed by atoms with Gasteiger partial charge in [0, 0.05) is 11.6 Å². The van der Waals surface area contributed by atoms with Crippen molar-refractivity contribution < 1.29 is 13.3 Å². The molecule has 122 valence electrons. The third-order valence-corrected chi connectivity index (χ3v) is 4.95. The van der Waals surface area contributed by atoms with Crippen molar-refractivity contribution in [3.63, 3.8) is 0 Å². The third kappa shape index (κ3) is 3.50. The SMILES string of the molecule is Cc1cc(C)c(NS(=O)(=O)c2ccc(C)c([N+](=O)[O-])c2)c(C)c1. The van der Waals surface area contributed by atoms with Gasteiger partial charge in [-0.3, -0.25) is 14.8 Å². The normalized spacial score (nSPS) is 11.3. The van der Waals surface area contributed by atoms with Gasteiger partial charge in [-0.2, -0.15) is 0 Å². The zero-order chi connectivity index (χ0) is 17.4. The van der Waals surface area contributed by atoms with E-state index in [0.717, 1.165) is 22.8 Å². The number of nitro benzene ring substituents is 1. The van der Waals surface area contributed by atoms with Gasteiger partial charge in [0.1, 0.15) is 0 Å². The molecule has 0 bridgehead atoms. The highest BCUT2D eigenvalue weighted by molar-refractivity contribution is 7.92. The van der Waals surface area contributed by atoms with Crippen LogP contribution in [-0.4, -0.2) is 13.3 Å². The Morgan fingerprint density at radius 1 is 0.957 bits per heavy atom.